The van der Waals surface area contributed by atoms with E-state index in [1.54, 1.807) is 6.08 Å². The van der Waals surface area contributed by atoms with Crippen LogP contribution in [0, 0.1) is 0 Å². The van der Waals surface area contributed by atoms with Crippen molar-refractivity contribution in [3.05, 3.63) is 36.5 Å². The molecule has 6 nitrogen and oxygen atoms in total. The van der Waals surface area contributed by atoms with Crippen LogP contribution >= 0.6 is 0 Å². The minimum Gasteiger partial charge on any atom is -0.466 e. The van der Waals surface area contributed by atoms with Crippen LogP contribution in [0.1, 0.15) is 335 Å². The molecule has 0 radical (unpaired) electrons. The number of unbranched alkanes of at least 4 members (excludes halogenated alkanes) is 43. The minimum absolute atomic E-state index is 0.00261. The van der Waals surface area contributed by atoms with Gasteiger partial charge in [-0.2, -0.15) is 0 Å². The summed E-state index contributed by atoms with van der Waals surface area (Å²) in [4.78, 5) is 24.5. The van der Waals surface area contributed by atoms with Gasteiger partial charge in [-0.3, -0.25) is 9.59 Å². The third-order valence-electron chi connectivity index (χ3n) is 14.4. The molecule has 2 atom stereocenters. The lowest BCUT2D eigenvalue weighted by Gasteiger charge is -2.20. The van der Waals surface area contributed by atoms with Gasteiger partial charge >= 0.3 is 5.97 Å². The van der Waals surface area contributed by atoms with Gasteiger partial charge in [-0.05, 0) is 57.8 Å². The molecule has 0 aliphatic rings. The second-order valence-electron chi connectivity index (χ2n) is 21.4. The molecule has 0 aliphatic carbocycles. The number of aliphatic hydroxyl groups excluding tert-OH is 2. The zero-order valence-electron chi connectivity index (χ0n) is 47.0. The van der Waals surface area contributed by atoms with Crippen molar-refractivity contribution in [3.8, 4) is 0 Å². The van der Waals surface area contributed by atoms with Crippen LogP contribution < -0.4 is 5.32 Å². The highest BCUT2D eigenvalue weighted by atomic mass is 16.5. The van der Waals surface area contributed by atoms with Crippen molar-refractivity contribution in [1.29, 1.82) is 0 Å². The Morgan fingerprint density at radius 2 is 0.743 bits per heavy atom. The maximum Gasteiger partial charge on any atom is 0.305 e. The predicted octanol–water partition coefficient (Wildman–Crippen LogP) is 19.6. The van der Waals surface area contributed by atoms with Crippen LogP contribution in [0.3, 0.4) is 0 Å². The summed E-state index contributed by atoms with van der Waals surface area (Å²) in [6.07, 6.45) is 74.7. The first-order chi connectivity index (χ1) is 34.5. The van der Waals surface area contributed by atoms with Crippen molar-refractivity contribution < 1.29 is 24.5 Å². The molecule has 0 aliphatic heterocycles. The first kappa shape index (κ1) is 68.1. The SMILES string of the molecule is CCC/C=C\C/C=C\CCCCCCCC(=O)OCCCCCCCCCCCCCCCCCCCCCCCCC(=O)NC(CO)C(O)/C=C/CCCCCCCCCCCCCCCCCC. The first-order valence-electron chi connectivity index (χ1n) is 31.3. The number of hydrogen-bond donors (Lipinski definition) is 3. The highest BCUT2D eigenvalue weighted by Gasteiger charge is 2.18. The molecule has 0 heterocycles. The fourth-order valence-electron chi connectivity index (χ4n) is 9.61. The van der Waals surface area contributed by atoms with Crippen molar-refractivity contribution in [1.82, 2.24) is 5.32 Å². The van der Waals surface area contributed by atoms with Crippen LogP contribution in [0.4, 0.5) is 0 Å². The van der Waals surface area contributed by atoms with E-state index in [9.17, 15) is 19.8 Å². The van der Waals surface area contributed by atoms with E-state index in [-0.39, 0.29) is 18.5 Å². The lowest BCUT2D eigenvalue weighted by Crippen LogP contribution is -2.45. The number of nitrogens with one attached hydrogen (secondary N) is 1. The number of rotatable bonds is 58. The second-order valence-corrected chi connectivity index (χ2v) is 21.4. The molecule has 0 bridgehead atoms. The van der Waals surface area contributed by atoms with Crippen LogP contribution in [0.2, 0.25) is 0 Å². The van der Waals surface area contributed by atoms with Crippen molar-refractivity contribution in [2.24, 2.45) is 0 Å². The van der Waals surface area contributed by atoms with E-state index in [0.717, 1.165) is 51.4 Å². The van der Waals surface area contributed by atoms with Gasteiger partial charge in [-0.25, -0.2) is 0 Å². The highest BCUT2D eigenvalue weighted by molar-refractivity contribution is 5.76. The average molecular weight is 985 g/mol. The second kappa shape index (κ2) is 59.6. The summed E-state index contributed by atoms with van der Waals surface area (Å²) in [5.41, 5.74) is 0. The molecule has 0 rings (SSSR count). The maximum absolute atomic E-state index is 12.5. The molecule has 0 fully saturated rings. The van der Waals surface area contributed by atoms with Crippen molar-refractivity contribution in [2.45, 2.75) is 347 Å². The van der Waals surface area contributed by atoms with E-state index in [1.807, 2.05) is 6.08 Å². The molecule has 0 aromatic rings. The molecule has 2 unspecified atom stereocenters. The first-order valence-corrected chi connectivity index (χ1v) is 31.3. The average Bonchev–Trinajstić information content (AvgIpc) is 3.36. The highest BCUT2D eigenvalue weighted by Crippen LogP contribution is 2.18. The number of aliphatic hydroxyl groups is 2. The van der Waals surface area contributed by atoms with Crippen molar-refractivity contribution >= 4 is 11.9 Å². The fourth-order valence-corrected chi connectivity index (χ4v) is 9.61. The van der Waals surface area contributed by atoms with Crippen LogP contribution in [0.25, 0.3) is 0 Å². The van der Waals surface area contributed by atoms with Crippen LogP contribution in [-0.2, 0) is 14.3 Å². The van der Waals surface area contributed by atoms with E-state index in [1.165, 1.54) is 257 Å². The number of esters is 1. The van der Waals surface area contributed by atoms with E-state index < -0.39 is 12.1 Å². The summed E-state index contributed by atoms with van der Waals surface area (Å²) in [6.45, 7) is 4.85. The van der Waals surface area contributed by atoms with Crippen LogP contribution in [0.5, 0.6) is 0 Å². The molecule has 412 valence electrons. The molecule has 0 aromatic heterocycles. The van der Waals surface area contributed by atoms with Gasteiger partial charge < -0.3 is 20.3 Å². The summed E-state index contributed by atoms with van der Waals surface area (Å²) < 4.78 is 5.47. The lowest BCUT2D eigenvalue weighted by molar-refractivity contribution is -0.143. The molecular weight excluding hydrogens is 863 g/mol. The number of carbonyl (C=O) groups is 2. The van der Waals surface area contributed by atoms with Crippen molar-refractivity contribution in [2.75, 3.05) is 13.2 Å². The number of ether oxygens (including phenoxy) is 1. The minimum atomic E-state index is -0.845. The Bertz CT molecular complexity index is 1130. The largest absolute Gasteiger partial charge is 0.466 e. The Balaban J connectivity index is 3.42. The summed E-state index contributed by atoms with van der Waals surface area (Å²) >= 11 is 0. The molecule has 0 spiro atoms. The Labute approximate surface area is 436 Å². The third-order valence-corrected chi connectivity index (χ3v) is 14.4. The number of hydrogen-bond acceptors (Lipinski definition) is 5. The Hall–Kier alpha value is -1.92. The standard InChI is InChI=1S/C64H121NO5/c1-3-5-7-9-11-13-15-17-18-19-26-29-33-36-40-44-48-52-56-62(67)61(60-66)65-63(68)57-53-49-45-41-37-34-30-27-24-22-20-21-23-25-28-31-35-39-43-47-51-55-59-70-64(69)58-54-50-46-42-38-32-16-14-12-10-8-6-4-2/h8,10,14,16,52,56,61-62,66-67H,3-7,9,11-13,15,17-51,53-55,57-60H2,1-2H3,(H,65,68)/b10-8-,16-14-,56-52+. The molecule has 0 saturated heterocycles. The zero-order valence-corrected chi connectivity index (χ0v) is 47.0. The molecular formula is C64H121NO5. The van der Waals surface area contributed by atoms with Gasteiger partial charge in [0.15, 0.2) is 0 Å². The van der Waals surface area contributed by atoms with Gasteiger partial charge in [0.05, 0.1) is 25.4 Å². The third kappa shape index (κ3) is 55.4. The quantitative estimate of drug-likeness (QED) is 0.0321. The van der Waals surface area contributed by atoms with Gasteiger partial charge in [0.1, 0.15) is 0 Å². The van der Waals surface area contributed by atoms with E-state index in [2.05, 4.69) is 43.5 Å². The van der Waals surface area contributed by atoms with E-state index >= 15 is 0 Å². The number of carbonyl (C=O) groups excluding carboxylic acids is 2. The normalized spacial score (nSPS) is 12.8. The monoisotopic (exact) mass is 984 g/mol. The molecule has 0 aromatic carbocycles. The number of amides is 1. The Morgan fingerprint density at radius 1 is 0.400 bits per heavy atom. The van der Waals surface area contributed by atoms with Gasteiger partial charge in [0.2, 0.25) is 5.91 Å². The van der Waals surface area contributed by atoms with Gasteiger partial charge in [0.25, 0.3) is 0 Å². The topological polar surface area (TPSA) is 95.9 Å². The molecule has 1 amide bonds. The molecule has 6 heteroatoms. The number of allylic oxidation sites excluding steroid dienone is 5. The van der Waals surface area contributed by atoms with Crippen molar-refractivity contribution in [3.63, 3.8) is 0 Å². The predicted molar refractivity (Wildman–Crippen MR) is 306 cm³/mol. The van der Waals surface area contributed by atoms with E-state index in [4.69, 9.17) is 4.74 Å². The van der Waals surface area contributed by atoms with Crippen LogP contribution in [0.15, 0.2) is 36.5 Å². The van der Waals surface area contributed by atoms with Crippen LogP contribution in [-0.4, -0.2) is 47.4 Å². The summed E-state index contributed by atoms with van der Waals surface area (Å²) in [5, 5.41) is 23.2. The Kier molecular flexibility index (Phi) is 58.0. The summed E-state index contributed by atoms with van der Waals surface area (Å²) in [5.74, 6) is -0.0688. The summed E-state index contributed by atoms with van der Waals surface area (Å²) in [7, 11) is 0. The van der Waals surface area contributed by atoms with Gasteiger partial charge in [-0.1, -0.05) is 301 Å². The van der Waals surface area contributed by atoms with Gasteiger partial charge in [0, 0.05) is 12.8 Å². The maximum atomic E-state index is 12.5. The molecule has 0 saturated carbocycles. The van der Waals surface area contributed by atoms with E-state index in [0.29, 0.717) is 19.4 Å². The summed E-state index contributed by atoms with van der Waals surface area (Å²) in [6, 6.07) is -0.629. The smallest absolute Gasteiger partial charge is 0.305 e. The molecule has 3 N–H and O–H groups in total. The van der Waals surface area contributed by atoms with Gasteiger partial charge in [-0.15, -0.1) is 0 Å². The molecule has 70 heavy (non-hydrogen) atoms. The lowest BCUT2D eigenvalue weighted by atomic mass is 10.0. The zero-order chi connectivity index (χ0) is 50.7. The Morgan fingerprint density at radius 3 is 1.14 bits per heavy atom. The fraction of sp³-hybridized carbons (Fsp3) is 0.875.